The van der Waals surface area contributed by atoms with E-state index in [0.29, 0.717) is 6.54 Å². The Kier molecular flexibility index (Phi) is 2.84. The van der Waals surface area contributed by atoms with E-state index < -0.39 is 0 Å². The average Bonchev–Trinajstić information content (AvgIpc) is 2.46. The van der Waals surface area contributed by atoms with Crippen LogP contribution in [0.5, 0.6) is 0 Å². The van der Waals surface area contributed by atoms with Crippen LogP contribution < -0.4 is 5.32 Å². The molecule has 0 saturated carbocycles. The van der Waals surface area contributed by atoms with Crippen molar-refractivity contribution >= 4 is 16.5 Å². The van der Waals surface area contributed by atoms with Gasteiger partial charge in [0.1, 0.15) is 6.33 Å². The summed E-state index contributed by atoms with van der Waals surface area (Å²) in [5.41, 5.74) is 2.07. The molecule has 1 N–H and O–H groups in total. The molecule has 4 heteroatoms. The minimum atomic E-state index is 0.710. The first-order valence-electron chi connectivity index (χ1n) is 5.74. The van der Waals surface area contributed by atoms with E-state index in [4.69, 9.17) is 0 Å². The fourth-order valence-electron chi connectivity index (χ4n) is 1.91. The Morgan fingerprint density at radius 2 is 1.72 bits per heavy atom. The van der Waals surface area contributed by atoms with Crippen molar-refractivity contribution in [2.45, 2.75) is 6.54 Å². The second-order valence-corrected chi connectivity index (χ2v) is 4.00. The molecule has 0 fully saturated rings. The Labute approximate surface area is 105 Å². The largest absolute Gasteiger partial charge is 0.378 e. The second-order valence-electron chi connectivity index (χ2n) is 4.00. The third-order valence-corrected chi connectivity index (χ3v) is 2.79. The van der Waals surface area contributed by atoms with Gasteiger partial charge >= 0.3 is 0 Å². The monoisotopic (exact) mass is 236 g/mol. The zero-order valence-electron chi connectivity index (χ0n) is 9.74. The minimum absolute atomic E-state index is 0.710. The summed E-state index contributed by atoms with van der Waals surface area (Å²) in [5.74, 6) is 0. The van der Waals surface area contributed by atoms with Gasteiger partial charge in [-0.2, -0.15) is 0 Å². The van der Waals surface area contributed by atoms with Crippen molar-refractivity contribution < 1.29 is 0 Å². The van der Waals surface area contributed by atoms with Crippen LogP contribution in [0, 0.1) is 0 Å². The summed E-state index contributed by atoms with van der Waals surface area (Å²) in [6, 6.07) is 8.23. The molecule has 0 radical (unpaired) electrons. The molecule has 0 aliphatic carbocycles. The molecule has 2 aromatic heterocycles. The molecule has 1 aromatic carbocycles. The molecule has 0 atom stereocenters. The van der Waals surface area contributed by atoms with Gasteiger partial charge in [-0.25, -0.2) is 9.97 Å². The molecule has 2 heterocycles. The van der Waals surface area contributed by atoms with Gasteiger partial charge in [0.2, 0.25) is 0 Å². The molecule has 0 bridgehead atoms. The molecular formula is C14H12N4. The van der Waals surface area contributed by atoms with E-state index in [0.717, 1.165) is 16.6 Å². The van der Waals surface area contributed by atoms with Gasteiger partial charge in [-0.05, 0) is 10.9 Å². The maximum absolute atomic E-state index is 4.25. The van der Waals surface area contributed by atoms with Crippen LogP contribution in [0.1, 0.15) is 5.56 Å². The van der Waals surface area contributed by atoms with Crippen LogP contribution in [-0.4, -0.2) is 15.0 Å². The van der Waals surface area contributed by atoms with Gasteiger partial charge in [-0.1, -0.05) is 24.3 Å². The number of benzene rings is 1. The van der Waals surface area contributed by atoms with Crippen LogP contribution in [0.2, 0.25) is 0 Å². The molecule has 4 nitrogen and oxygen atoms in total. The van der Waals surface area contributed by atoms with Gasteiger partial charge in [0.05, 0.1) is 18.1 Å². The smallest absolute Gasteiger partial charge is 0.115 e. The Bertz CT molecular complexity index is 647. The zero-order valence-corrected chi connectivity index (χ0v) is 9.74. The van der Waals surface area contributed by atoms with E-state index in [1.807, 2.05) is 24.5 Å². The summed E-state index contributed by atoms with van der Waals surface area (Å²) in [5, 5.41) is 5.66. The molecule has 3 aromatic rings. The number of aromatic nitrogens is 3. The lowest BCUT2D eigenvalue weighted by atomic mass is 10.1. The number of fused-ring (bicyclic) bond motifs is 1. The Hall–Kier alpha value is -2.49. The van der Waals surface area contributed by atoms with E-state index in [2.05, 4.69) is 32.4 Å². The van der Waals surface area contributed by atoms with Gasteiger partial charge in [0.15, 0.2) is 0 Å². The van der Waals surface area contributed by atoms with E-state index in [9.17, 15) is 0 Å². The topological polar surface area (TPSA) is 50.7 Å². The third-order valence-electron chi connectivity index (χ3n) is 2.79. The highest BCUT2D eigenvalue weighted by molar-refractivity contribution is 5.84. The van der Waals surface area contributed by atoms with Crippen LogP contribution in [0.3, 0.4) is 0 Å². The normalized spacial score (nSPS) is 10.4. The predicted molar refractivity (Wildman–Crippen MR) is 71.1 cm³/mol. The third kappa shape index (κ3) is 2.13. The molecule has 88 valence electrons. The molecule has 0 spiro atoms. The van der Waals surface area contributed by atoms with Crippen LogP contribution >= 0.6 is 0 Å². The van der Waals surface area contributed by atoms with Crippen molar-refractivity contribution in [2.24, 2.45) is 0 Å². The number of hydrogen-bond acceptors (Lipinski definition) is 4. The van der Waals surface area contributed by atoms with E-state index in [-0.39, 0.29) is 0 Å². The highest BCUT2D eigenvalue weighted by Gasteiger charge is 2.00. The SMILES string of the molecule is c1ccc2c(CNc3cncnc3)cncc2c1. The van der Waals surface area contributed by atoms with Crippen molar-refractivity contribution in [3.63, 3.8) is 0 Å². The first-order valence-corrected chi connectivity index (χ1v) is 5.74. The molecule has 0 unspecified atom stereocenters. The van der Waals surface area contributed by atoms with Crippen molar-refractivity contribution in [1.29, 1.82) is 0 Å². The van der Waals surface area contributed by atoms with Gasteiger partial charge < -0.3 is 5.32 Å². The van der Waals surface area contributed by atoms with Crippen LogP contribution in [0.25, 0.3) is 10.8 Å². The maximum atomic E-state index is 4.25. The minimum Gasteiger partial charge on any atom is -0.378 e. The summed E-state index contributed by atoms with van der Waals surface area (Å²) in [7, 11) is 0. The highest BCUT2D eigenvalue weighted by atomic mass is 14.9. The Morgan fingerprint density at radius 3 is 2.61 bits per heavy atom. The lowest BCUT2D eigenvalue weighted by Crippen LogP contribution is -2.01. The lowest BCUT2D eigenvalue weighted by molar-refractivity contribution is 1.10. The summed E-state index contributed by atoms with van der Waals surface area (Å²) in [6.07, 6.45) is 8.80. The van der Waals surface area contributed by atoms with Crippen molar-refractivity contribution in [2.75, 3.05) is 5.32 Å². The van der Waals surface area contributed by atoms with E-state index in [1.54, 1.807) is 12.4 Å². The zero-order chi connectivity index (χ0) is 12.2. The fraction of sp³-hybridized carbons (Fsp3) is 0.0714. The number of pyridine rings is 1. The van der Waals surface area contributed by atoms with E-state index in [1.165, 1.54) is 11.7 Å². The standard InChI is InChI=1S/C14H12N4/c1-2-4-14-11(3-1)5-15-6-12(14)7-18-13-8-16-10-17-9-13/h1-6,8-10,18H,7H2. The Morgan fingerprint density at radius 1 is 0.889 bits per heavy atom. The second kappa shape index (κ2) is 4.79. The average molecular weight is 236 g/mol. The summed E-state index contributed by atoms with van der Waals surface area (Å²) in [4.78, 5) is 12.2. The molecule has 3 rings (SSSR count). The summed E-state index contributed by atoms with van der Waals surface area (Å²) < 4.78 is 0. The number of anilines is 1. The van der Waals surface area contributed by atoms with Crippen LogP contribution in [0.15, 0.2) is 55.4 Å². The summed E-state index contributed by atoms with van der Waals surface area (Å²) >= 11 is 0. The molecule has 18 heavy (non-hydrogen) atoms. The highest BCUT2D eigenvalue weighted by Crippen LogP contribution is 2.17. The number of nitrogens with one attached hydrogen (secondary N) is 1. The number of rotatable bonds is 3. The molecular weight excluding hydrogens is 224 g/mol. The molecule has 0 saturated heterocycles. The van der Waals surface area contributed by atoms with Gasteiger partial charge in [-0.3, -0.25) is 4.98 Å². The molecule has 0 amide bonds. The van der Waals surface area contributed by atoms with Crippen LogP contribution in [0.4, 0.5) is 5.69 Å². The van der Waals surface area contributed by atoms with E-state index >= 15 is 0 Å². The summed E-state index contributed by atoms with van der Waals surface area (Å²) in [6.45, 7) is 0.710. The Balaban J connectivity index is 1.87. The molecule has 0 aliphatic rings. The van der Waals surface area contributed by atoms with Crippen molar-refractivity contribution in [3.8, 4) is 0 Å². The van der Waals surface area contributed by atoms with Gasteiger partial charge in [-0.15, -0.1) is 0 Å². The first kappa shape index (κ1) is 10.7. The molecule has 0 aliphatic heterocycles. The predicted octanol–water partition coefficient (Wildman–Crippen LogP) is 2.64. The van der Waals surface area contributed by atoms with Crippen molar-refractivity contribution in [3.05, 3.63) is 60.9 Å². The van der Waals surface area contributed by atoms with Gasteiger partial charge in [0.25, 0.3) is 0 Å². The first-order chi connectivity index (χ1) is 8.93. The number of hydrogen-bond donors (Lipinski definition) is 1. The van der Waals surface area contributed by atoms with Crippen molar-refractivity contribution in [1.82, 2.24) is 15.0 Å². The number of nitrogens with zero attached hydrogens (tertiary/aromatic N) is 3. The van der Waals surface area contributed by atoms with Gasteiger partial charge in [0, 0.05) is 24.3 Å². The maximum Gasteiger partial charge on any atom is 0.115 e. The fourth-order valence-corrected chi connectivity index (χ4v) is 1.91. The lowest BCUT2D eigenvalue weighted by Gasteiger charge is -2.08. The quantitative estimate of drug-likeness (QED) is 0.759. The van der Waals surface area contributed by atoms with Crippen LogP contribution in [-0.2, 0) is 6.54 Å².